The minimum absolute atomic E-state index is 0.00113. The number of carbonyl (C=O) groups is 2. The molecule has 1 aromatic heterocycles. The molecule has 5 nitrogen and oxygen atoms in total. The molecule has 2 aromatic carbocycles. The first-order chi connectivity index (χ1) is 14.0. The number of aromatic amines is 1. The van der Waals surface area contributed by atoms with E-state index in [1.807, 2.05) is 24.3 Å². The smallest absolute Gasteiger partial charge is 0.341 e. The van der Waals surface area contributed by atoms with Crippen molar-refractivity contribution in [1.82, 2.24) is 9.88 Å². The maximum Gasteiger partial charge on any atom is 0.341 e. The van der Waals surface area contributed by atoms with Gasteiger partial charge in [0.25, 0.3) is 5.91 Å². The number of amides is 1. The monoisotopic (exact) mass is 396 g/mol. The van der Waals surface area contributed by atoms with Crippen molar-refractivity contribution in [2.24, 2.45) is 0 Å². The first kappa shape index (κ1) is 18.9. The zero-order valence-electron chi connectivity index (χ0n) is 15.7. The van der Waals surface area contributed by atoms with Crippen LogP contribution in [0.15, 0.2) is 48.7 Å². The van der Waals surface area contributed by atoms with E-state index < -0.39 is 23.5 Å². The van der Waals surface area contributed by atoms with Crippen LogP contribution in [0.5, 0.6) is 0 Å². The molecule has 0 radical (unpaired) electrons. The quantitative estimate of drug-likeness (QED) is 0.680. The molecule has 2 heterocycles. The number of hydrogen-bond donors (Lipinski definition) is 1. The third-order valence-corrected chi connectivity index (χ3v) is 4.89. The fraction of sp³-hybridized carbons (Fsp3) is 0.182. The van der Waals surface area contributed by atoms with Gasteiger partial charge in [-0.05, 0) is 43.2 Å². The number of aromatic nitrogens is 1. The van der Waals surface area contributed by atoms with Gasteiger partial charge in [-0.3, -0.25) is 4.79 Å². The summed E-state index contributed by atoms with van der Waals surface area (Å²) in [6.45, 7) is 2.16. The predicted octanol–water partition coefficient (Wildman–Crippen LogP) is 4.05. The highest BCUT2D eigenvalue weighted by atomic mass is 19.2. The van der Waals surface area contributed by atoms with Crippen molar-refractivity contribution in [1.29, 1.82) is 0 Å². The Morgan fingerprint density at radius 1 is 1.14 bits per heavy atom. The van der Waals surface area contributed by atoms with Gasteiger partial charge in [-0.2, -0.15) is 0 Å². The Kier molecular flexibility index (Phi) is 4.88. The number of nitrogens with zero attached hydrogens (tertiary/aromatic N) is 1. The standard InChI is InChI=1S/C22H18F2N2O3/c1-2-29-22(28)16-12-26(21(27)13-7-8-17(23)18(24)11-13)10-9-15-14-5-3-4-6-19(14)25-20(15)16/h3-8,11-12,25H,2,9-10H2,1H3. The number of halogens is 2. The zero-order chi connectivity index (χ0) is 20.5. The lowest BCUT2D eigenvalue weighted by Crippen LogP contribution is -2.28. The highest BCUT2D eigenvalue weighted by Gasteiger charge is 2.27. The second-order valence-corrected chi connectivity index (χ2v) is 6.66. The van der Waals surface area contributed by atoms with Crippen LogP contribution < -0.4 is 0 Å². The van der Waals surface area contributed by atoms with Gasteiger partial charge in [0, 0.05) is 29.2 Å². The van der Waals surface area contributed by atoms with Crippen molar-refractivity contribution in [2.75, 3.05) is 13.2 Å². The Bertz CT molecular complexity index is 1150. The second-order valence-electron chi connectivity index (χ2n) is 6.66. The molecular formula is C22H18F2N2O3. The van der Waals surface area contributed by atoms with Gasteiger partial charge in [0.15, 0.2) is 11.6 Å². The van der Waals surface area contributed by atoms with E-state index in [-0.39, 0.29) is 24.3 Å². The van der Waals surface area contributed by atoms with Crippen LogP contribution in [-0.4, -0.2) is 34.9 Å². The van der Waals surface area contributed by atoms with Crippen LogP contribution in [0, 0.1) is 11.6 Å². The zero-order valence-corrected chi connectivity index (χ0v) is 15.7. The lowest BCUT2D eigenvalue weighted by Gasteiger charge is -2.18. The molecule has 0 saturated heterocycles. The van der Waals surface area contributed by atoms with Gasteiger partial charge in [0.2, 0.25) is 0 Å². The average molecular weight is 396 g/mol. The molecule has 4 rings (SSSR count). The fourth-order valence-corrected chi connectivity index (χ4v) is 3.53. The molecule has 1 N–H and O–H groups in total. The first-order valence-corrected chi connectivity index (χ1v) is 9.24. The van der Waals surface area contributed by atoms with E-state index in [2.05, 4.69) is 4.98 Å². The van der Waals surface area contributed by atoms with Crippen molar-refractivity contribution in [3.05, 3.63) is 77.1 Å². The fourth-order valence-electron chi connectivity index (χ4n) is 3.53. The van der Waals surface area contributed by atoms with Gasteiger partial charge in [0.1, 0.15) is 0 Å². The normalized spacial score (nSPS) is 13.6. The molecule has 1 aliphatic heterocycles. The van der Waals surface area contributed by atoms with E-state index >= 15 is 0 Å². The number of benzene rings is 2. The molecule has 148 valence electrons. The molecule has 0 unspecified atom stereocenters. The molecule has 0 atom stereocenters. The number of para-hydroxylation sites is 1. The molecule has 0 bridgehead atoms. The van der Waals surface area contributed by atoms with Crippen LogP contribution in [0.25, 0.3) is 16.5 Å². The summed E-state index contributed by atoms with van der Waals surface area (Å²) in [6, 6.07) is 10.6. The van der Waals surface area contributed by atoms with Crippen molar-refractivity contribution >= 4 is 28.4 Å². The molecule has 0 saturated carbocycles. The number of nitrogens with one attached hydrogen (secondary N) is 1. The van der Waals surface area contributed by atoms with Gasteiger partial charge in [0.05, 0.1) is 17.9 Å². The molecule has 1 aliphatic rings. The van der Waals surface area contributed by atoms with E-state index in [1.54, 1.807) is 6.92 Å². The third-order valence-electron chi connectivity index (χ3n) is 4.89. The lowest BCUT2D eigenvalue weighted by molar-refractivity contribution is -0.136. The molecule has 7 heteroatoms. The SMILES string of the molecule is CCOC(=O)C1=CN(C(=O)c2ccc(F)c(F)c2)CCc2c1[nH]c1ccccc21. The van der Waals surface area contributed by atoms with Gasteiger partial charge >= 0.3 is 5.97 Å². The van der Waals surface area contributed by atoms with E-state index in [0.29, 0.717) is 12.1 Å². The maximum absolute atomic E-state index is 13.6. The summed E-state index contributed by atoms with van der Waals surface area (Å²) in [7, 11) is 0. The summed E-state index contributed by atoms with van der Waals surface area (Å²) in [4.78, 5) is 30.1. The second kappa shape index (κ2) is 7.50. The highest BCUT2D eigenvalue weighted by Crippen LogP contribution is 2.31. The van der Waals surface area contributed by atoms with E-state index in [1.165, 1.54) is 17.2 Å². The Labute approximate surface area is 165 Å². The van der Waals surface area contributed by atoms with Crippen LogP contribution in [0.1, 0.15) is 28.5 Å². The largest absolute Gasteiger partial charge is 0.462 e. The Morgan fingerprint density at radius 2 is 1.93 bits per heavy atom. The number of H-pyrrole nitrogens is 1. The van der Waals surface area contributed by atoms with Gasteiger partial charge in [-0.25, -0.2) is 13.6 Å². The summed E-state index contributed by atoms with van der Waals surface area (Å²) in [5, 5.41) is 0.958. The molecule has 1 amide bonds. The summed E-state index contributed by atoms with van der Waals surface area (Å²) in [5.41, 5.74) is 2.60. The Morgan fingerprint density at radius 3 is 2.69 bits per heavy atom. The van der Waals surface area contributed by atoms with Gasteiger partial charge < -0.3 is 14.6 Å². The van der Waals surface area contributed by atoms with Crippen molar-refractivity contribution in [2.45, 2.75) is 13.3 Å². The molecule has 0 spiro atoms. The molecule has 3 aromatic rings. The lowest BCUT2D eigenvalue weighted by atomic mass is 10.0. The average Bonchev–Trinajstić information content (AvgIpc) is 2.97. The van der Waals surface area contributed by atoms with Crippen LogP contribution in [0.2, 0.25) is 0 Å². The Hall–Kier alpha value is -3.48. The van der Waals surface area contributed by atoms with Crippen LogP contribution in [0.3, 0.4) is 0 Å². The maximum atomic E-state index is 13.6. The number of carbonyl (C=O) groups excluding carboxylic acids is 2. The summed E-state index contributed by atoms with van der Waals surface area (Å²) >= 11 is 0. The van der Waals surface area contributed by atoms with E-state index in [0.717, 1.165) is 28.6 Å². The highest BCUT2D eigenvalue weighted by molar-refractivity contribution is 6.18. The summed E-state index contributed by atoms with van der Waals surface area (Å²) in [5.74, 6) is -3.22. The first-order valence-electron chi connectivity index (χ1n) is 9.24. The number of fused-ring (bicyclic) bond motifs is 3. The molecular weight excluding hydrogens is 378 g/mol. The predicted molar refractivity (Wildman–Crippen MR) is 104 cm³/mol. The topological polar surface area (TPSA) is 62.4 Å². The summed E-state index contributed by atoms with van der Waals surface area (Å²) < 4.78 is 32.0. The summed E-state index contributed by atoms with van der Waals surface area (Å²) in [6.07, 6.45) is 1.90. The van der Waals surface area contributed by atoms with E-state index in [9.17, 15) is 18.4 Å². The van der Waals surface area contributed by atoms with Gasteiger partial charge in [-0.15, -0.1) is 0 Å². The number of esters is 1. The van der Waals surface area contributed by atoms with E-state index in [4.69, 9.17) is 4.74 Å². The van der Waals surface area contributed by atoms with Crippen LogP contribution in [-0.2, 0) is 16.0 Å². The van der Waals surface area contributed by atoms with Gasteiger partial charge in [-0.1, -0.05) is 18.2 Å². The van der Waals surface area contributed by atoms with Crippen molar-refractivity contribution in [3.8, 4) is 0 Å². The number of ether oxygens (including phenoxy) is 1. The third kappa shape index (κ3) is 3.40. The molecule has 0 aliphatic carbocycles. The van der Waals surface area contributed by atoms with Crippen molar-refractivity contribution < 1.29 is 23.1 Å². The number of rotatable bonds is 3. The minimum atomic E-state index is -1.10. The Balaban J connectivity index is 1.79. The van der Waals surface area contributed by atoms with Crippen LogP contribution in [0.4, 0.5) is 8.78 Å². The number of hydrogen-bond acceptors (Lipinski definition) is 3. The molecule has 29 heavy (non-hydrogen) atoms. The molecule has 0 fully saturated rings. The van der Waals surface area contributed by atoms with Crippen LogP contribution >= 0.6 is 0 Å². The van der Waals surface area contributed by atoms with Crippen molar-refractivity contribution in [3.63, 3.8) is 0 Å². The minimum Gasteiger partial charge on any atom is -0.462 e.